The Labute approximate surface area is 220 Å². The van der Waals surface area contributed by atoms with Gasteiger partial charge in [0.1, 0.15) is 19.8 Å². The highest BCUT2D eigenvalue weighted by atomic mass is 35.5. The summed E-state index contributed by atoms with van der Waals surface area (Å²) in [5.74, 6) is 1.37. The summed E-state index contributed by atoms with van der Waals surface area (Å²) in [5.41, 5.74) is 1.07. The number of hydrogen-bond donors (Lipinski definition) is 1. The Morgan fingerprint density at radius 2 is 1.65 bits per heavy atom. The first-order valence-electron chi connectivity index (χ1n) is 11.4. The molecule has 9 nitrogen and oxygen atoms in total. The minimum absolute atomic E-state index is 0.0622. The zero-order valence-corrected chi connectivity index (χ0v) is 22.1. The van der Waals surface area contributed by atoms with E-state index in [0.29, 0.717) is 35.5 Å². The maximum absolute atomic E-state index is 13.7. The molecule has 0 unspecified atom stereocenters. The van der Waals surface area contributed by atoms with E-state index in [9.17, 15) is 13.2 Å². The Morgan fingerprint density at radius 3 is 2.32 bits per heavy atom. The molecule has 0 aliphatic carbocycles. The molecular formula is C26H27ClN2O7S. The van der Waals surface area contributed by atoms with Crippen LogP contribution >= 0.6 is 11.6 Å². The van der Waals surface area contributed by atoms with Crippen LogP contribution in [0.2, 0.25) is 5.02 Å². The third-order valence-electron chi connectivity index (χ3n) is 5.79. The van der Waals surface area contributed by atoms with E-state index in [4.69, 9.17) is 30.5 Å². The van der Waals surface area contributed by atoms with Crippen molar-refractivity contribution in [3.05, 3.63) is 71.2 Å². The molecule has 1 aliphatic heterocycles. The smallest absolute Gasteiger partial charge is 0.264 e. The van der Waals surface area contributed by atoms with Gasteiger partial charge in [-0.15, -0.1) is 0 Å². The lowest BCUT2D eigenvalue weighted by molar-refractivity contribution is -0.120. The number of carbonyl (C=O) groups excluding carboxylic acids is 1. The quantitative estimate of drug-likeness (QED) is 0.429. The van der Waals surface area contributed by atoms with Crippen LogP contribution in [0.25, 0.3) is 0 Å². The van der Waals surface area contributed by atoms with Gasteiger partial charge >= 0.3 is 0 Å². The second-order valence-corrected chi connectivity index (χ2v) is 10.5. The Bertz CT molecular complexity index is 1380. The number of fused-ring (bicyclic) bond motifs is 1. The van der Waals surface area contributed by atoms with Crippen molar-refractivity contribution in [3.63, 3.8) is 0 Å². The van der Waals surface area contributed by atoms with E-state index in [1.165, 1.54) is 44.6 Å². The number of sulfonamides is 1. The van der Waals surface area contributed by atoms with Crippen molar-refractivity contribution >= 4 is 33.2 Å². The molecule has 0 saturated carbocycles. The SMILES string of the molecule is COc1ccc(S(=O)(=O)N(CC(=O)N[C@H](C)c2ccc3c(c2)OCCO3)c2ccc(Cl)cc2)cc1OC. The fourth-order valence-corrected chi connectivity index (χ4v) is 5.42. The number of amides is 1. The molecule has 3 aromatic rings. The Morgan fingerprint density at radius 1 is 0.973 bits per heavy atom. The Kier molecular flexibility index (Phi) is 7.99. The summed E-state index contributed by atoms with van der Waals surface area (Å²) < 4.78 is 50.1. The molecule has 11 heteroatoms. The first-order valence-corrected chi connectivity index (χ1v) is 13.2. The van der Waals surface area contributed by atoms with E-state index in [0.717, 1.165) is 9.87 Å². The van der Waals surface area contributed by atoms with Crippen LogP contribution < -0.4 is 28.6 Å². The number of benzene rings is 3. The summed E-state index contributed by atoms with van der Waals surface area (Å²) in [5, 5.41) is 3.30. The molecule has 4 rings (SSSR count). The van der Waals surface area contributed by atoms with Crippen LogP contribution in [0.15, 0.2) is 65.6 Å². The molecule has 1 heterocycles. The topological polar surface area (TPSA) is 103 Å². The normalized spacial score (nSPS) is 13.4. The molecule has 1 N–H and O–H groups in total. The van der Waals surface area contributed by atoms with Crippen LogP contribution in [-0.2, 0) is 14.8 Å². The van der Waals surface area contributed by atoms with Crippen molar-refractivity contribution in [1.29, 1.82) is 0 Å². The minimum Gasteiger partial charge on any atom is -0.493 e. The van der Waals surface area contributed by atoms with Gasteiger partial charge in [0.2, 0.25) is 5.91 Å². The molecule has 0 spiro atoms. The molecular weight excluding hydrogens is 520 g/mol. The van der Waals surface area contributed by atoms with Crippen LogP contribution in [0.3, 0.4) is 0 Å². The molecule has 0 radical (unpaired) electrons. The second-order valence-electron chi connectivity index (χ2n) is 8.20. The fourth-order valence-electron chi connectivity index (χ4n) is 3.86. The number of nitrogens with one attached hydrogen (secondary N) is 1. The summed E-state index contributed by atoms with van der Waals surface area (Å²) in [7, 11) is -1.30. The number of methoxy groups -OCH3 is 2. The molecule has 0 fully saturated rings. The maximum atomic E-state index is 13.7. The van der Waals surface area contributed by atoms with E-state index < -0.39 is 28.5 Å². The van der Waals surface area contributed by atoms with Gasteiger partial charge in [-0.05, 0) is 61.0 Å². The van der Waals surface area contributed by atoms with Crippen LogP contribution in [0, 0.1) is 0 Å². The molecule has 1 amide bonds. The van der Waals surface area contributed by atoms with Crippen molar-refractivity contribution in [2.75, 3.05) is 38.3 Å². The van der Waals surface area contributed by atoms with Crippen LogP contribution in [0.4, 0.5) is 5.69 Å². The number of halogens is 1. The number of anilines is 1. The lowest BCUT2D eigenvalue weighted by atomic mass is 10.1. The minimum atomic E-state index is -4.17. The average Bonchev–Trinajstić information content (AvgIpc) is 2.91. The van der Waals surface area contributed by atoms with Gasteiger partial charge in [-0.3, -0.25) is 9.10 Å². The number of ether oxygens (including phenoxy) is 4. The summed E-state index contributed by atoms with van der Waals surface area (Å²) in [4.78, 5) is 13.1. The predicted molar refractivity (Wildman–Crippen MR) is 140 cm³/mol. The Hall–Kier alpha value is -3.63. The summed E-state index contributed by atoms with van der Waals surface area (Å²) in [6.07, 6.45) is 0. The summed E-state index contributed by atoms with van der Waals surface area (Å²) >= 11 is 6.02. The molecule has 0 saturated heterocycles. The highest BCUT2D eigenvalue weighted by Crippen LogP contribution is 2.34. The summed E-state index contributed by atoms with van der Waals surface area (Å²) in [6.45, 7) is 2.26. The van der Waals surface area contributed by atoms with Gasteiger partial charge in [-0.2, -0.15) is 0 Å². The van der Waals surface area contributed by atoms with Gasteiger partial charge in [-0.25, -0.2) is 8.42 Å². The average molecular weight is 547 g/mol. The zero-order valence-electron chi connectivity index (χ0n) is 20.6. The molecule has 0 bridgehead atoms. The van der Waals surface area contributed by atoms with E-state index in [2.05, 4.69) is 5.32 Å². The Balaban J connectivity index is 1.60. The highest BCUT2D eigenvalue weighted by Gasteiger charge is 2.29. The van der Waals surface area contributed by atoms with Crippen molar-refractivity contribution in [2.24, 2.45) is 0 Å². The molecule has 196 valence electrons. The fraction of sp³-hybridized carbons (Fsp3) is 0.269. The van der Waals surface area contributed by atoms with Gasteiger partial charge in [0.05, 0.1) is 30.8 Å². The van der Waals surface area contributed by atoms with Crippen molar-refractivity contribution in [1.82, 2.24) is 5.32 Å². The number of carbonyl (C=O) groups is 1. The van der Waals surface area contributed by atoms with Gasteiger partial charge in [0, 0.05) is 11.1 Å². The molecule has 3 aromatic carbocycles. The number of hydrogen-bond acceptors (Lipinski definition) is 7. The molecule has 37 heavy (non-hydrogen) atoms. The van der Waals surface area contributed by atoms with E-state index in [-0.39, 0.29) is 16.3 Å². The molecule has 0 aromatic heterocycles. The van der Waals surface area contributed by atoms with Crippen molar-refractivity contribution in [2.45, 2.75) is 17.9 Å². The van der Waals surface area contributed by atoms with Gasteiger partial charge in [0.15, 0.2) is 23.0 Å². The first kappa shape index (κ1) is 26.4. The largest absolute Gasteiger partial charge is 0.493 e. The number of nitrogens with zero attached hydrogens (tertiary/aromatic N) is 1. The third kappa shape index (κ3) is 5.86. The standard InChI is InChI=1S/C26H27ClN2O7S/c1-17(18-4-10-23-25(14-18)36-13-12-35-23)28-26(30)16-29(20-7-5-19(27)6-8-20)37(31,32)21-9-11-22(33-2)24(15-21)34-3/h4-11,14-15,17H,12-13,16H2,1-3H3,(H,28,30)/t17-/m1/s1. The lowest BCUT2D eigenvalue weighted by Gasteiger charge is -2.26. The van der Waals surface area contributed by atoms with Crippen LogP contribution in [0.1, 0.15) is 18.5 Å². The lowest BCUT2D eigenvalue weighted by Crippen LogP contribution is -2.41. The maximum Gasteiger partial charge on any atom is 0.264 e. The van der Waals surface area contributed by atoms with Gasteiger partial charge < -0.3 is 24.3 Å². The van der Waals surface area contributed by atoms with E-state index >= 15 is 0 Å². The van der Waals surface area contributed by atoms with Gasteiger partial charge in [0.25, 0.3) is 10.0 Å². The van der Waals surface area contributed by atoms with E-state index in [1.807, 2.05) is 6.07 Å². The van der Waals surface area contributed by atoms with E-state index in [1.54, 1.807) is 31.2 Å². The molecule has 1 aliphatic rings. The molecule has 1 atom stereocenters. The first-order chi connectivity index (χ1) is 17.7. The highest BCUT2D eigenvalue weighted by molar-refractivity contribution is 7.92. The zero-order chi connectivity index (χ0) is 26.6. The van der Waals surface area contributed by atoms with Crippen molar-refractivity contribution < 1.29 is 32.2 Å². The van der Waals surface area contributed by atoms with Crippen molar-refractivity contribution in [3.8, 4) is 23.0 Å². The number of rotatable bonds is 9. The van der Waals surface area contributed by atoms with Crippen LogP contribution in [0.5, 0.6) is 23.0 Å². The van der Waals surface area contributed by atoms with Gasteiger partial charge in [-0.1, -0.05) is 17.7 Å². The summed E-state index contributed by atoms with van der Waals surface area (Å²) in [6, 6.07) is 15.4. The van der Waals surface area contributed by atoms with Crippen LogP contribution in [-0.4, -0.2) is 48.3 Å². The second kappa shape index (κ2) is 11.2. The monoisotopic (exact) mass is 546 g/mol. The third-order valence-corrected chi connectivity index (χ3v) is 7.81. The predicted octanol–water partition coefficient (Wildman–Crippen LogP) is 4.20.